The fraction of sp³-hybridized carbons (Fsp3) is 0.595. The number of benzene rings is 1. The zero-order chi connectivity index (χ0) is 31.8. The van der Waals surface area contributed by atoms with E-state index >= 15 is 0 Å². The van der Waals surface area contributed by atoms with Crippen molar-refractivity contribution in [3.8, 4) is 0 Å². The lowest BCUT2D eigenvalue weighted by Crippen LogP contribution is -2.30. The van der Waals surface area contributed by atoms with Crippen molar-refractivity contribution in [3.63, 3.8) is 0 Å². The monoisotopic (exact) mass is 612 g/mol. The van der Waals surface area contributed by atoms with Gasteiger partial charge in [-0.2, -0.15) is 12.6 Å². The second-order valence-electron chi connectivity index (χ2n) is 12.2. The summed E-state index contributed by atoms with van der Waals surface area (Å²) in [6.07, 6.45) is 15.3. The Morgan fingerprint density at radius 1 is 1.21 bits per heavy atom. The molecule has 4 atom stereocenters. The summed E-state index contributed by atoms with van der Waals surface area (Å²) in [5.74, 6) is 0.574. The van der Waals surface area contributed by atoms with Crippen LogP contribution in [0, 0.1) is 6.92 Å². The van der Waals surface area contributed by atoms with E-state index in [9.17, 15) is 0 Å². The molecule has 0 saturated carbocycles. The van der Waals surface area contributed by atoms with E-state index in [1.165, 1.54) is 79.2 Å². The lowest BCUT2D eigenvalue weighted by Gasteiger charge is -2.27. The summed E-state index contributed by atoms with van der Waals surface area (Å²) < 4.78 is 0. The minimum absolute atomic E-state index is 0.288. The quantitative estimate of drug-likeness (QED) is 0.106. The summed E-state index contributed by atoms with van der Waals surface area (Å²) >= 11 is 6.66. The van der Waals surface area contributed by atoms with E-state index in [1.807, 2.05) is 31.8 Å². The van der Waals surface area contributed by atoms with Gasteiger partial charge in [-0.05, 0) is 115 Å². The van der Waals surface area contributed by atoms with E-state index in [1.54, 1.807) is 16.7 Å². The van der Waals surface area contributed by atoms with Gasteiger partial charge in [-0.15, -0.1) is 18.3 Å². The molecule has 2 aliphatic rings. The maximum absolute atomic E-state index is 8.81. The molecule has 1 aromatic carbocycles. The first kappa shape index (κ1) is 38.3. The van der Waals surface area contributed by atoms with Gasteiger partial charge in [0.25, 0.3) is 0 Å². The van der Waals surface area contributed by atoms with E-state index in [0.29, 0.717) is 17.3 Å². The highest BCUT2D eigenvalue weighted by Crippen LogP contribution is 2.41. The van der Waals surface area contributed by atoms with Crippen LogP contribution in [0.2, 0.25) is 0 Å². The van der Waals surface area contributed by atoms with Gasteiger partial charge in [0.05, 0.1) is 5.37 Å². The molecule has 3 nitrogen and oxygen atoms in total. The predicted octanol–water partition coefficient (Wildman–Crippen LogP) is 10.3. The Kier molecular flexibility index (Phi) is 18.5. The van der Waals surface area contributed by atoms with Crippen LogP contribution in [0.25, 0.3) is 0 Å². The van der Waals surface area contributed by atoms with Gasteiger partial charge in [0.15, 0.2) is 0 Å². The Morgan fingerprint density at radius 2 is 1.86 bits per heavy atom. The van der Waals surface area contributed by atoms with Gasteiger partial charge >= 0.3 is 0 Å². The Hall–Kier alpha value is -1.69. The molecule has 0 saturated heterocycles. The predicted molar refractivity (Wildman–Crippen MR) is 193 cm³/mol. The molecule has 3 rings (SSSR count). The number of carbonyl (C=O) groups is 1. The van der Waals surface area contributed by atoms with Crippen molar-refractivity contribution in [1.29, 1.82) is 0 Å². The van der Waals surface area contributed by atoms with Crippen LogP contribution in [0.15, 0.2) is 59.3 Å². The van der Waals surface area contributed by atoms with Crippen molar-refractivity contribution in [2.75, 3.05) is 6.54 Å². The summed E-state index contributed by atoms with van der Waals surface area (Å²) in [6.45, 7) is 27.6. The largest absolute Gasteiger partial charge is 0.338 e. The first-order valence-electron chi connectivity index (χ1n) is 15.9. The van der Waals surface area contributed by atoms with Crippen LogP contribution < -0.4 is 5.32 Å². The average molecular weight is 613 g/mol. The lowest BCUT2D eigenvalue weighted by molar-refractivity contribution is -0.106. The summed E-state index contributed by atoms with van der Waals surface area (Å²) in [6, 6.07) is 5.44. The molecule has 4 unspecified atom stereocenters. The number of aldehydes is 1. The number of allylic oxidation sites excluding steroid dienone is 4. The summed E-state index contributed by atoms with van der Waals surface area (Å²) in [5.41, 5.74) is 10.2. The standard InChI is InChI=1S/C31H48N2S2.C4H8.C2H4O/c1-8-10-11-14-26-17-22(4)30(27-15-12-13-21(3)16-27)28(19-26)18-23(5)32-20-29-24(6)33(9-2)31(35-29)25(7)34;1-4(2)3;1-2-3/h9,16-17,19,23,25,27,31-32,34H,2,8,10-15,18,20H2,1,3-7H3;1H2,2-3H3;2H,1H3. The van der Waals surface area contributed by atoms with Crippen molar-refractivity contribution in [1.82, 2.24) is 10.2 Å². The third-order valence-electron chi connectivity index (χ3n) is 7.62. The molecule has 1 heterocycles. The molecular formula is C37H60N2OS2. The highest BCUT2D eigenvalue weighted by Gasteiger charge is 2.31. The van der Waals surface area contributed by atoms with Gasteiger partial charge in [-0.25, -0.2) is 0 Å². The van der Waals surface area contributed by atoms with Crippen LogP contribution in [-0.2, 0) is 17.6 Å². The summed E-state index contributed by atoms with van der Waals surface area (Å²) in [4.78, 5) is 12.5. The van der Waals surface area contributed by atoms with Crippen molar-refractivity contribution in [2.45, 2.75) is 136 Å². The number of rotatable bonds is 12. The minimum Gasteiger partial charge on any atom is -0.338 e. The molecule has 0 aromatic heterocycles. The van der Waals surface area contributed by atoms with Crippen LogP contribution in [-0.4, -0.2) is 34.4 Å². The Morgan fingerprint density at radius 3 is 2.38 bits per heavy atom. The fourth-order valence-electron chi connectivity index (χ4n) is 5.75. The normalized spacial score (nSPS) is 19.6. The van der Waals surface area contributed by atoms with E-state index < -0.39 is 0 Å². The fourth-order valence-corrected chi connectivity index (χ4v) is 7.36. The number of nitrogens with zero attached hydrogens (tertiary/aromatic N) is 1. The van der Waals surface area contributed by atoms with Crippen LogP contribution in [0.5, 0.6) is 0 Å². The topological polar surface area (TPSA) is 32.3 Å². The average Bonchev–Trinajstić information content (AvgIpc) is 3.23. The van der Waals surface area contributed by atoms with Crippen LogP contribution >= 0.6 is 24.4 Å². The molecule has 0 radical (unpaired) electrons. The highest BCUT2D eigenvalue weighted by atomic mass is 32.2. The molecule has 0 fully saturated rings. The number of unbranched alkanes of at least 4 members (excludes halogenated alkanes) is 2. The van der Waals surface area contributed by atoms with Crippen molar-refractivity contribution < 1.29 is 4.79 Å². The van der Waals surface area contributed by atoms with Crippen molar-refractivity contribution in [2.24, 2.45) is 0 Å². The lowest BCUT2D eigenvalue weighted by atomic mass is 9.80. The zero-order valence-corrected chi connectivity index (χ0v) is 29.9. The van der Waals surface area contributed by atoms with E-state index in [2.05, 4.69) is 83.1 Å². The Bertz CT molecular complexity index is 1070. The smallest absolute Gasteiger partial charge is 0.116 e. The van der Waals surface area contributed by atoms with Crippen LogP contribution in [0.3, 0.4) is 0 Å². The molecular weight excluding hydrogens is 553 g/mol. The SMILES string of the molecule is C=C(C)C.C=CN1C(C)=C(CNC(C)Cc2cc(CCCCC)cc(C)c2C2C=C(C)CCC2)SC1C(C)S.CC=O. The first-order chi connectivity index (χ1) is 19.9. The molecule has 0 bridgehead atoms. The van der Waals surface area contributed by atoms with Gasteiger partial charge in [-0.3, -0.25) is 0 Å². The molecule has 0 spiro atoms. The number of hydrogen-bond acceptors (Lipinski definition) is 5. The maximum atomic E-state index is 8.81. The number of thioether (sulfide) groups is 1. The zero-order valence-electron chi connectivity index (χ0n) is 28.2. The summed E-state index contributed by atoms with van der Waals surface area (Å²) in [5, 5.41) is 4.48. The van der Waals surface area contributed by atoms with Gasteiger partial charge in [0, 0.05) is 34.4 Å². The Labute approximate surface area is 269 Å². The maximum Gasteiger partial charge on any atom is 0.116 e. The highest BCUT2D eigenvalue weighted by molar-refractivity contribution is 8.04. The number of carbonyl (C=O) groups excluding carboxylic acids is 1. The molecule has 42 heavy (non-hydrogen) atoms. The molecule has 236 valence electrons. The minimum atomic E-state index is 0.288. The number of thiol groups is 1. The van der Waals surface area contributed by atoms with Crippen molar-refractivity contribution >= 4 is 30.7 Å². The molecule has 1 N–H and O–H groups in total. The number of aryl methyl sites for hydroxylation is 2. The molecule has 0 amide bonds. The third-order valence-corrected chi connectivity index (χ3v) is 9.70. The second kappa shape index (κ2) is 20.3. The van der Waals surface area contributed by atoms with Gasteiger partial charge in [-0.1, -0.05) is 62.6 Å². The first-order valence-corrected chi connectivity index (χ1v) is 17.3. The van der Waals surface area contributed by atoms with Gasteiger partial charge < -0.3 is 15.0 Å². The molecule has 1 aliphatic heterocycles. The number of nitrogens with one attached hydrogen (secondary N) is 1. The number of hydrogen-bond donors (Lipinski definition) is 2. The van der Waals surface area contributed by atoms with Crippen LogP contribution in [0.4, 0.5) is 0 Å². The van der Waals surface area contributed by atoms with E-state index in [0.717, 1.165) is 19.3 Å². The molecule has 5 heteroatoms. The van der Waals surface area contributed by atoms with Gasteiger partial charge in [0.1, 0.15) is 6.29 Å². The third kappa shape index (κ3) is 12.9. The second-order valence-corrected chi connectivity index (χ2v) is 14.3. The van der Waals surface area contributed by atoms with Crippen LogP contribution in [0.1, 0.15) is 122 Å². The van der Waals surface area contributed by atoms with Crippen molar-refractivity contribution in [3.05, 3.63) is 81.6 Å². The van der Waals surface area contributed by atoms with E-state index in [-0.39, 0.29) is 5.25 Å². The van der Waals surface area contributed by atoms with Gasteiger partial charge in [0.2, 0.25) is 0 Å². The summed E-state index contributed by atoms with van der Waals surface area (Å²) in [7, 11) is 0. The van der Waals surface area contributed by atoms with E-state index in [4.69, 9.17) is 17.4 Å². The molecule has 1 aliphatic carbocycles. The Balaban J connectivity index is 0.00000114. The molecule has 1 aromatic rings.